The number of ether oxygens (including phenoxy) is 1. The number of hydrogen-bond acceptors (Lipinski definition) is 5. The molecule has 0 saturated heterocycles. The maximum absolute atomic E-state index is 11.5. The molecule has 0 bridgehead atoms. The van der Waals surface area contributed by atoms with E-state index in [0.29, 0.717) is 10.9 Å². The molecule has 1 aromatic carbocycles. The summed E-state index contributed by atoms with van der Waals surface area (Å²) in [5.41, 5.74) is 0. The summed E-state index contributed by atoms with van der Waals surface area (Å²) in [4.78, 5) is 16.7. The van der Waals surface area contributed by atoms with Gasteiger partial charge in [0.05, 0.1) is 0 Å². The molecule has 1 N–H and O–H groups in total. The topological polar surface area (TPSA) is 51.2 Å². The lowest BCUT2D eigenvalue weighted by Crippen LogP contribution is -2.19. The van der Waals surface area contributed by atoms with Crippen molar-refractivity contribution >= 4 is 34.1 Å². The van der Waals surface area contributed by atoms with Gasteiger partial charge in [-0.15, -0.1) is 23.1 Å². The molecular formula is C12H12N2O2S2. The molecule has 0 aliphatic carbocycles. The highest BCUT2D eigenvalue weighted by molar-refractivity contribution is 7.98. The van der Waals surface area contributed by atoms with Crippen molar-refractivity contribution in [2.45, 2.75) is 4.90 Å². The quantitative estimate of drug-likeness (QED) is 0.856. The van der Waals surface area contributed by atoms with Crippen LogP contribution < -0.4 is 10.1 Å². The number of amides is 1. The van der Waals surface area contributed by atoms with Crippen LogP contribution in [0.4, 0.5) is 5.13 Å². The molecule has 0 radical (unpaired) electrons. The molecule has 1 amide bonds. The average molecular weight is 280 g/mol. The highest BCUT2D eigenvalue weighted by Gasteiger charge is 2.05. The van der Waals surface area contributed by atoms with Crippen LogP contribution in [0.3, 0.4) is 0 Å². The zero-order valence-corrected chi connectivity index (χ0v) is 11.4. The number of nitrogens with one attached hydrogen (secondary N) is 1. The van der Waals surface area contributed by atoms with E-state index >= 15 is 0 Å². The maximum atomic E-state index is 11.5. The van der Waals surface area contributed by atoms with Crippen molar-refractivity contribution in [3.8, 4) is 5.75 Å². The molecule has 0 saturated carbocycles. The van der Waals surface area contributed by atoms with Gasteiger partial charge in [0.2, 0.25) is 0 Å². The van der Waals surface area contributed by atoms with Crippen molar-refractivity contribution in [3.05, 3.63) is 35.8 Å². The van der Waals surface area contributed by atoms with Gasteiger partial charge in [0, 0.05) is 16.5 Å². The van der Waals surface area contributed by atoms with E-state index in [1.54, 1.807) is 23.3 Å². The summed E-state index contributed by atoms with van der Waals surface area (Å²) in [6.07, 6.45) is 3.65. The molecule has 94 valence electrons. The second-order valence-electron chi connectivity index (χ2n) is 3.35. The average Bonchev–Trinajstić information content (AvgIpc) is 2.90. The Kier molecular flexibility index (Phi) is 4.60. The van der Waals surface area contributed by atoms with Crippen molar-refractivity contribution in [3.63, 3.8) is 0 Å². The van der Waals surface area contributed by atoms with E-state index in [4.69, 9.17) is 4.74 Å². The van der Waals surface area contributed by atoms with Gasteiger partial charge in [-0.3, -0.25) is 10.1 Å². The number of hydrogen-bond donors (Lipinski definition) is 1. The first-order valence-electron chi connectivity index (χ1n) is 5.24. The van der Waals surface area contributed by atoms with Crippen molar-refractivity contribution in [2.24, 2.45) is 0 Å². The Hall–Kier alpha value is -1.53. The normalized spacial score (nSPS) is 10.1. The monoisotopic (exact) mass is 280 g/mol. The number of rotatable bonds is 5. The molecular weight excluding hydrogens is 268 g/mol. The number of nitrogens with zero attached hydrogens (tertiary/aromatic N) is 1. The van der Waals surface area contributed by atoms with E-state index in [1.807, 2.05) is 30.5 Å². The third-order valence-corrected chi connectivity index (χ3v) is 3.54. The van der Waals surface area contributed by atoms with Crippen LogP contribution >= 0.6 is 23.1 Å². The molecule has 0 atom stereocenters. The predicted molar refractivity (Wildman–Crippen MR) is 74.5 cm³/mol. The van der Waals surface area contributed by atoms with Crippen LogP contribution in [-0.4, -0.2) is 23.8 Å². The number of thioether (sulfide) groups is 1. The summed E-state index contributed by atoms with van der Waals surface area (Å²) >= 11 is 3.04. The predicted octanol–water partition coefficient (Wildman–Crippen LogP) is 2.88. The third-order valence-electron chi connectivity index (χ3n) is 2.11. The minimum absolute atomic E-state index is 0.0157. The maximum Gasteiger partial charge on any atom is 0.264 e. The molecule has 18 heavy (non-hydrogen) atoms. The summed E-state index contributed by atoms with van der Waals surface area (Å²) in [6, 6.07) is 7.61. The molecule has 6 heteroatoms. The van der Waals surface area contributed by atoms with Gasteiger partial charge in [0.1, 0.15) is 5.75 Å². The summed E-state index contributed by atoms with van der Waals surface area (Å²) < 4.78 is 5.37. The molecule has 1 heterocycles. The van der Waals surface area contributed by atoms with Gasteiger partial charge >= 0.3 is 0 Å². The van der Waals surface area contributed by atoms with E-state index in [2.05, 4.69) is 10.3 Å². The Morgan fingerprint density at radius 3 is 2.83 bits per heavy atom. The second kappa shape index (κ2) is 6.42. The number of anilines is 1. The Morgan fingerprint density at radius 1 is 1.44 bits per heavy atom. The molecule has 2 aromatic rings. The molecule has 0 aliphatic rings. The third kappa shape index (κ3) is 3.75. The lowest BCUT2D eigenvalue weighted by atomic mass is 10.3. The summed E-state index contributed by atoms with van der Waals surface area (Å²) in [7, 11) is 0. The second-order valence-corrected chi connectivity index (χ2v) is 5.12. The van der Waals surface area contributed by atoms with Crippen molar-refractivity contribution in [1.82, 2.24) is 4.98 Å². The number of carbonyl (C=O) groups is 1. The van der Waals surface area contributed by atoms with Crippen LogP contribution in [-0.2, 0) is 4.79 Å². The van der Waals surface area contributed by atoms with Crippen molar-refractivity contribution < 1.29 is 9.53 Å². The first-order valence-corrected chi connectivity index (χ1v) is 7.34. The van der Waals surface area contributed by atoms with Crippen molar-refractivity contribution in [1.29, 1.82) is 0 Å². The lowest BCUT2D eigenvalue weighted by Gasteiger charge is -2.06. The fourth-order valence-electron chi connectivity index (χ4n) is 1.26. The minimum Gasteiger partial charge on any atom is -0.484 e. The zero-order valence-electron chi connectivity index (χ0n) is 9.75. The summed E-state index contributed by atoms with van der Waals surface area (Å²) in [5.74, 6) is 0.473. The number of benzene rings is 1. The van der Waals surface area contributed by atoms with Gasteiger partial charge in [0.15, 0.2) is 11.7 Å². The largest absolute Gasteiger partial charge is 0.484 e. The van der Waals surface area contributed by atoms with Gasteiger partial charge in [-0.2, -0.15) is 0 Å². The Labute approximate surface area is 113 Å². The van der Waals surface area contributed by atoms with Gasteiger partial charge in [-0.05, 0) is 30.5 Å². The van der Waals surface area contributed by atoms with Crippen LogP contribution in [0.15, 0.2) is 40.7 Å². The highest BCUT2D eigenvalue weighted by atomic mass is 32.2. The highest BCUT2D eigenvalue weighted by Crippen LogP contribution is 2.19. The first kappa shape index (κ1) is 12.9. The van der Waals surface area contributed by atoms with Crippen LogP contribution in [0.2, 0.25) is 0 Å². The van der Waals surface area contributed by atoms with E-state index in [9.17, 15) is 4.79 Å². The molecule has 0 spiro atoms. The Bertz CT molecular complexity index is 497. The molecule has 0 aliphatic heterocycles. The number of carbonyl (C=O) groups excluding carboxylic acids is 1. The molecule has 0 unspecified atom stereocenters. The lowest BCUT2D eigenvalue weighted by molar-refractivity contribution is -0.118. The summed E-state index contributed by atoms with van der Waals surface area (Å²) in [6.45, 7) is -0.0157. The number of aromatic nitrogens is 1. The van der Waals surface area contributed by atoms with Crippen molar-refractivity contribution in [2.75, 3.05) is 18.2 Å². The van der Waals surface area contributed by atoms with Crippen LogP contribution in [0.25, 0.3) is 0 Å². The van der Waals surface area contributed by atoms with Crippen LogP contribution in [0.5, 0.6) is 5.75 Å². The summed E-state index contributed by atoms with van der Waals surface area (Å²) in [5, 5.41) is 5.04. The fraction of sp³-hybridized carbons (Fsp3) is 0.167. The van der Waals surface area contributed by atoms with Gasteiger partial charge in [-0.1, -0.05) is 0 Å². The SMILES string of the molecule is CSc1ccc(OCC(=O)Nc2nccs2)cc1. The Morgan fingerprint density at radius 2 is 2.22 bits per heavy atom. The molecule has 1 aromatic heterocycles. The minimum atomic E-state index is -0.209. The van der Waals surface area contributed by atoms with Gasteiger partial charge in [-0.25, -0.2) is 4.98 Å². The van der Waals surface area contributed by atoms with E-state index in [-0.39, 0.29) is 12.5 Å². The van der Waals surface area contributed by atoms with E-state index < -0.39 is 0 Å². The smallest absolute Gasteiger partial charge is 0.264 e. The van der Waals surface area contributed by atoms with Crippen LogP contribution in [0.1, 0.15) is 0 Å². The first-order chi connectivity index (χ1) is 8.78. The Balaban J connectivity index is 1.81. The van der Waals surface area contributed by atoms with Gasteiger partial charge in [0.25, 0.3) is 5.91 Å². The fourth-order valence-corrected chi connectivity index (χ4v) is 2.21. The zero-order chi connectivity index (χ0) is 12.8. The molecule has 4 nitrogen and oxygen atoms in total. The standard InChI is InChI=1S/C12H12N2O2S2/c1-17-10-4-2-9(3-5-10)16-8-11(15)14-12-13-6-7-18-12/h2-7H,8H2,1H3,(H,13,14,15). The van der Waals surface area contributed by atoms with Gasteiger partial charge < -0.3 is 4.74 Å². The van der Waals surface area contributed by atoms with E-state index in [0.717, 1.165) is 4.90 Å². The van der Waals surface area contributed by atoms with E-state index in [1.165, 1.54) is 11.3 Å². The van der Waals surface area contributed by atoms with Crippen LogP contribution in [0, 0.1) is 0 Å². The number of thiazole rings is 1. The molecule has 2 rings (SSSR count). The molecule has 0 fully saturated rings.